The van der Waals surface area contributed by atoms with Crippen molar-refractivity contribution in [2.24, 2.45) is 5.92 Å². The first-order valence-corrected chi connectivity index (χ1v) is 16.4. The van der Waals surface area contributed by atoms with E-state index in [0.29, 0.717) is 35.5 Å². The lowest BCUT2D eigenvalue weighted by molar-refractivity contribution is -0.129. The van der Waals surface area contributed by atoms with Gasteiger partial charge in [-0.25, -0.2) is 17.6 Å². The summed E-state index contributed by atoms with van der Waals surface area (Å²) in [7, 11) is -3.58. The highest BCUT2D eigenvalue weighted by Crippen LogP contribution is 2.47. The Hall–Kier alpha value is -4.89. The Morgan fingerprint density at radius 3 is 2.22 bits per heavy atom. The predicted octanol–water partition coefficient (Wildman–Crippen LogP) is 4.70. The largest absolute Gasteiger partial charge is 0.490 e. The summed E-state index contributed by atoms with van der Waals surface area (Å²) in [4.78, 5) is 24.7. The molecule has 1 aliphatic heterocycles. The van der Waals surface area contributed by atoms with E-state index in [1.807, 2.05) is 0 Å². The Morgan fingerprint density at radius 2 is 1.65 bits per heavy atom. The van der Waals surface area contributed by atoms with Gasteiger partial charge in [-0.3, -0.25) is 4.79 Å². The second kappa shape index (κ2) is 13.6. The molecule has 2 aliphatic rings. The Morgan fingerprint density at radius 1 is 1.02 bits per heavy atom. The number of sulfone groups is 1. The van der Waals surface area contributed by atoms with Gasteiger partial charge >= 0.3 is 6.09 Å². The van der Waals surface area contributed by atoms with E-state index in [1.165, 1.54) is 29.2 Å². The van der Waals surface area contributed by atoms with Crippen LogP contribution in [0.3, 0.4) is 0 Å². The Labute approximate surface area is 267 Å². The fourth-order valence-electron chi connectivity index (χ4n) is 6.34. The first-order chi connectivity index (χ1) is 22.1. The molecule has 12 heteroatoms. The molecule has 0 bridgehead atoms. The first kappa shape index (κ1) is 32.5. The number of rotatable bonds is 12. The van der Waals surface area contributed by atoms with Crippen molar-refractivity contribution in [1.82, 2.24) is 10.2 Å². The molecule has 3 atom stereocenters. The average molecular weight is 648 g/mol. The van der Waals surface area contributed by atoms with Gasteiger partial charge in [0.1, 0.15) is 41.2 Å². The van der Waals surface area contributed by atoms with Crippen LogP contribution in [-0.2, 0) is 20.0 Å². The standard InChI is InChI=1S/C34H34FN3O7S/c1-2-32(39)38-20-29(21-38)46(42,43)28-15-13-27(14-16-28)45-18-17-44-26-11-9-23(10-12-26)34(22-36,24-5-3-6-25(35)19-24)30-7-4-8-31(30)37-33(40)41/h2-3,5-6,9-16,19,29-31,37H,1,4,7-8,17-18,20-21H2,(H,40,41)/t30-,31-,34+/m0/s1. The molecule has 2 fully saturated rings. The maximum atomic E-state index is 14.4. The number of carboxylic acid groups (broad SMARTS) is 1. The monoisotopic (exact) mass is 647 g/mol. The third kappa shape index (κ3) is 6.55. The van der Waals surface area contributed by atoms with E-state index in [9.17, 15) is 32.8 Å². The summed E-state index contributed by atoms with van der Waals surface area (Å²) in [5, 5.41) is 22.0. The van der Waals surface area contributed by atoms with E-state index in [0.717, 1.165) is 12.5 Å². The molecule has 0 radical (unpaired) electrons. The van der Waals surface area contributed by atoms with Crippen LogP contribution in [0.25, 0.3) is 0 Å². The molecule has 1 heterocycles. The van der Waals surface area contributed by atoms with Gasteiger partial charge in [0.15, 0.2) is 9.84 Å². The van der Waals surface area contributed by atoms with Crippen molar-refractivity contribution in [3.8, 4) is 17.6 Å². The number of carbonyl (C=O) groups excluding carboxylic acids is 1. The number of nitrogens with one attached hydrogen (secondary N) is 1. The molecular weight excluding hydrogens is 613 g/mol. The fraction of sp³-hybridized carbons (Fsp3) is 0.324. The van der Waals surface area contributed by atoms with Crippen molar-refractivity contribution >= 4 is 21.8 Å². The molecule has 1 saturated carbocycles. The minimum Gasteiger partial charge on any atom is -0.490 e. The van der Waals surface area contributed by atoms with Gasteiger partial charge in [0.2, 0.25) is 5.91 Å². The van der Waals surface area contributed by atoms with Crippen molar-refractivity contribution in [3.05, 3.63) is 102 Å². The number of halogens is 1. The van der Waals surface area contributed by atoms with Gasteiger partial charge in [0.25, 0.3) is 0 Å². The third-order valence-electron chi connectivity index (χ3n) is 8.69. The molecular formula is C34H34FN3O7S. The van der Waals surface area contributed by atoms with Gasteiger partial charge in [0.05, 0.1) is 11.0 Å². The summed E-state index contributed by atoms with van der Waals surface area (Å²) in [6.45, 7) is 4.03. The topological polar surface area (TPSA) is 146 Å². The number of amides is 2. The van der Waals surface area contributed by atoms with Gasteiger partial charge < -0.3 is 24.8 Å². The van der Waals surface area contributed by atoms with Crippen LogP contribution in [0.1, 0.15) is 30.4 Å². The molecule has 3 aromatic rings. The third-order valence-corrected chi connectivity index (χ3v) is 10.8. The highest BCUT2D eigenvalue weighted by atomic mass is 32.2. The van der Waals surface area contributed by atoms with Gasteiger partial charge in [-0.2, -0.15) is 5.26 Å². The lowest BCUT2D eigenvalue weighted by Crippen LogP contribution is -2.56. The summed E-state index contributed by atoms with van der Waals surface area (Å²) in [5.74, 6) is -0.219. The summed E-state index contributed by atoms with van der Waals surface area (Å²) in [6.07, 6.45) is 1.89. The number of nitrogens with zero attached hydrogens (tertiary/aromatic N) is 2. The van der Waals surface area contributed by atoms with Crippen molar-refractivity contribution in [2.45, 2.75) is 40.9 Å². The SMILES string of the molecule is C=CC(=O)N1CC(S(=O)(=O)c2ccc(OCCOc3ccc([C@](C#N)(c4cccc(F)c4)[C@H]4CCC[C@@H]4NC(=O)O)cc3)cc2)C1. The molecule has 5 rings (SSSR count). The van der Waals surface area contributed by atoms with Crippen LogP contribution in [0, 0.1) is 23.1 Å². The van der Waals surface area contributed by atoms with Crippen molar-refractivity contribution in [1.29, 1.82) is 5.26 Å². The van der Waals surface area contributed by atoms with E-state index >= 15 is 0 Å². The summed E-state index contributed by atoms with van der Waals surface area (Å²) in [6, 6.07) is 20.8. The van der Waals surface area contributed by atoms with Crippen LogP contribution >= 0.6 is 0 Å². The Kier molecular flexibility index (Phi) is 9.63. The van der Waals surface area contributed by atoms with E-state index in [4.69, 9.17) is 9.47 Å². The van der Waals surface area contributed by atoms with Crippen molar-refractivity contribution in [2.75, 3.05) is 26.3 Å². The Bertz CT molecular complexity index is 1740. The molecule has 240 valence electrons. The average Bonchev–Trinajstić information content (AvgIpc) is 3.47. The smallest absolute Gasteiger partial charge is 0.404 e. The van der Waals surface area contributed by atoms with Crippen LogP contribution < -0.4 is 14.8 Å². The van der Waals surface area contributed by atoms with Gasteiger partial charge in [-0.05, 0) is 78.6 Å². The van der Waals surface area contributed by atoms with Crippen LogP contribution in [-0.4, -0.2) is 68.0 Å². The molecule has 0 aromatic heterocycles. The highest BCUT2D eigenvalue weighted by molar-refractivity contribution is 7.92. The van der Waals surface area contributed by atoms with E-state index < -0.39 is 44.4 Å². The summed E-state index contributed by atoms with van der Waals surface area (Å²) in [5.41, 5.74) is -0.240. The number of likely N-dealkylation sites (tertiary alicyclic amines) is 1. The zero-order chi connectivity index (χ0) is 32.9. The lowest BCUT2D eigenvalue weighted by Gasteiger charge is -2.37. The second-order valence-corrected chi connectivity index (χ2v) is 13.6. The second-order valence-electron chi connectivity index (χ2n) is 11.3. The van der Waals surface area contributed by atoms with Crippen molar-refractivity contribution < 1.29 is 37.0 Å². The quantitative estimate of drug-likeness (QED) is 0.213. The number of hydrogen-bond donors (Lipinski definition) is 2. The predicted molar refractivity (Wildman–Crippen MR) is 167 cm³/mol. The van der Waals surface area contributed by atoms with Gasteiger partial charge in [-0.15, -0.1) is 0 Å². The van der Waals surface area contributed by atoms with E-state index in [-0.39, 0.29) is 37.1 Å². The number of carbonyl (C=O) groups is 2. The summed E-state index contributed by atoms with van der Waals surface area (Å²) >= 11 is 0. The number of nitriles is 1. The highest BCUT2D eigenvalue weighted by Gasteiger charge is 2.49. The Balaban J connectivity index is 1.21. The minimum atomic E-state index is -3.58. The van der Waals surface area contributed by atoms with E-state index in [2.05, 4.69) is 18.0 Å². The van der Waals surface area contributed by atoms with Gasteiger partial charge in [0, 0.05) is 25.0 Å². The van der Waals surface area contributed by atoms with Crippen LogP contribution in [0.4, 0.5) is 9.18 Å². The fourth-order valence-corrected chi connectivity index (χ4v) is 8.00. The number of benzene rings is 3. The molecule has 0 unspecified atom stereocenters. The van der Waals surface area contributed by atoms with E-state index in [1.54, 1.807) is 48.5 Å². The molecule has 0 spiro atoms. The zero-order valence-electron chi connectivity index (χ0n) is 25.0. The van der Waals surface area contributed by atoms with Crippen LogP contribution in [0.5, 0.6) is 11.5 Å². The van der Waals surface area contributed by atoms with Crippen molar-refractivity contribution in [3.63, 3.8) is 0 Å². The molecule has 3 aromatic carbocycles. The summed E-state index contributed by atoms with van der Waals surface area (Å²) < 4.78 is 51.6. The first-order valence-electron chi connectivity index (χ1n) is 14.9. The molecule has 2 N–H and O–H groups in total. The molecule has 1 saturated heterocycles. The number of ether oxygens (including phenoxy) is 2. The van der Waals surface area contributed by atoms with Crippen LogP contribution in [0.15, 0.2) is 90.3 Å². The zero-order valence-corrected chi connectivity index (χ0v) is 25.8. The molecule has 10 nitrogen and oxygen atoms in total. The molecule has 2 amide bonds. The lowest BCUT2D eigenvalue weighted by atomic mass is 9.65. The molecule has 46 heavy (non-hydrogen) atoms. The van der Waals surface area contributed by atoms with Crippen LogP contribution in [0.2, 0.25) is 0 Å². The normalized spacial score (nSPS) is 19.3. The minimum absolute atomic E-state index is 0.134. The number of hydrogen-bond acceptors (Lipinski definition) is 7. The van der Waals surface area contributed by atoms with Gasteiger partial charge in [-0.1, -0.05) is 37.3 Å². The molecule has 1 aliphatic carbocycles. The maximum absolute atomic E-state index is 14.4. The maximum Gasteiger partial charge on any atom is 0.404 e.